The maximum absolute atomic E-state index is 12.2. The second-order valence-corrected chi connectivity index (χ2v) is 5.34. The van der Waals surface area contributed by atoms with Gasteiger partial charge in [-0.15, -0.1) is 0 Å². The van der Waals surface area contributed by atoms with E-state index in [1.54, 1.807) is 18.7 Å². The van der Waals surface area contributed by atoms with Crippen molar-refractivity contribution in [1.29, 1.82) is 0 Å². The molecule has 0 saturated carbocycles. The van der Waals surface area contributed by atoms with E-state index in [1.165, 1.54) is 4.57 Å². The fraction of sp³-hybridized carbons (Fsp3) is 0.615. The second kappa shape index (κ2) is 6.34. The fourth-order valence-corrected chi connectivity index (χ4v) is 2.63. The zero-order chi connectivity index (χ0) is 15.6. The van der Waals surface area contributed by atoms with Crippen molar-refractivity contribution in [2.24, 2.45) is 0 Å². The van der Waals surface area contributed by atoms with E-state index in [0.717, 1.165) is 0 Å². The number of hydrogen-bond acceptors (Lipinski definition) is 4. The number of ether oxygens (including phenoxy) is 1. The number of carbonyl (C=O) groups excluding carboxylic acids is 1. The molecule has 2 heterocycles. The van der Waals surface area contributed by atoms with Gasteiger partial charge in [0.15, 0.2) is 0 Å². The maximum Gasteiger partial charge on any atom is 0.409 e. The van der Waals surface area contributed by atoms with Crippen LogP contribution in [-0.4, -0.2) is 40.2 Å². The first-order valence-corrected chi connectivity index (χ1v) is 7.26. The lowest BCUT2D eigenvalue weighted by Gasteiger charge is -2.31. The third kappa shape index (κ3) is 3.12. The first kappa shape index (κ1) is 15.6. The van der Waals surface area contributed by atoms with Gasteiger partial charge in [-0.05, 0) is 26.7 Å². The summed E-state index contributed by atoms with van der Waals surface area (Å²) in [5.41, 5.74) is -0.562. The molecule has 0 aliphatic carbocycles. The molecule has 2 rings (SSSR count). The van der Waals surface area contributed by atoms with Gasteiger partial charge in [0.1, 0.15) is 5.15 Å². The van der Waals surface area contributed by atoms with Crippen LogP contribution in [0, 0.1) is 6.92 Å². The molecule has 0 spiro atoms. The first-order valence-electron chi connectivity index (χ1n) is 6.88. The van der Waals surface area contributed by atoms with Gasteiger partial charge in [0, 0.05) is 24.7 Å². The predicted octanol–water partition coefficient (Wildman–Crippen LogP) is 1.29. The number of carbonyl (C=O) groups is 1. The van der Waals surface area contributed by atoms with Crippen LogP contribution < -0.4 is 11.2 Å². The summed E-state index contributed by atoms with van der Waals surface area (Å²) < 4.78 is 6.14. The van der Waals surface area contributed by atoms with E-state index in [1.807, 2.05) is 0 Å². The van der Waals surface area contributed by atoms with Gasteiger partial charge >= 0.3 is 11.8 Å². The van der Waals surface area contributed by atoms with Crippen LogP contribution in [0.25, 0.3) is 0 Å². The average Bonchev–Trinajstić information content (AvgIpc) is 2.46. The molecule has 1 aliphatic rings. The van der Waals surface area contributed by atoms with Crippen molar-refractivity contribution >= 4 is 17.7 Å². The Morgan fingerprint density at radius 2 is 2.00 bits per heavy atom. The van der Waals surface area contributed by atoms with Crippen LogP contribution in [0.15, 0.2) is 9.59 Å². The molecule has 0 radical (unpaired) electrons. The summed E-state index contributed by atoms with van der Waals surface area (Å²) in [5.74, 6) is 0. The van der Waals surface area contributed by atoms with Crippen molar-refractivity contribution < 1.29 is 9.53 Å². The topological polar surface area (TPSA) is 84.4 Å². The molecule has 21 heavy (non-hydrogen) atoms. The van der Waals surface area contributed by atoms with Crippen molar-refractivity contribution in [3.63, 3.8) is 0 Å². The van der Waals surface area contributed by atoms with Crippen molar-refractivity contribution in [3.05, 3.63) is 31.6 Å². The van der Waals surface area contributed by atoms with Gasteiger partial charge in [0.25, 0.3) is 5.56 Å². The molecule has 1 aromatic rings. The monoisotopic (exact) mass is 315 g/mol. The molecule has 0 atom stereocenters. The van der Waals surface area contributed by atoms with Gasteiger partial charge in [-0.1, -0.05) is 11.6 Å². The van der Waals surface area contributed by atoms with E-state index in [-0.39, 0.29) is 22.8 Å². The van der Waals surface area contributed by atoms with Crippen LogP contribution in [0.4, 0.5) is 4.79 Å². The molecule has 1 N–H and O–H groups in total. The highest BCUT2D eigenvalue weighted by Gasteiger charge is 2.27. The Hall–Kier alpha value is -1.76. The minimum atomic E-state index is -0.509. The lowest BCUT2D eigenvalue weighted by Crippen LogP contribution is -2.45. The van der Waals surface area contributed by atoms with Crippen molar-refractivity contribution in [2.45, 2.75) is 32.7 Å². The Labute approximate surface area is 126 Å². The van der Waals surface area contributed by atoms with Crippen LogP contribution in [-0.2, 0) is 4.74 Å². The minimum Gasteiger partial charge on any atom is -0.450 e. The Morgan fingerprint density at radius 1 is 1.38 bits per heavy atom. The number of H-pyrrole nitrogens is 1. The number of aromatic nitrogens is 2. The van der Waals surface area contributed by atoms with Crippen LogP contribution in [0.5, 0.6) is 0 Å². The molecule has 0 aromatic carbocycles. The largest absolute Gasteiger partial charge is 0.450 e. The van der Waals surface area contributed by atoms with E-state index in [2.05, 4.69) is 4.98 Å². The molecule has 1 fully saturated rings. The molecular weight excluding hydrogens is 298 g/mol. The Morgan fingerprint density at radius 3 is 2.57 bits per heavy atom. The second-order valence-electron chi connectivity index (χ2n) is 4.96. The van der Waals surface area contributed by atoms with E-state index >= 15 is 0 Å². The van der Waals surface area contributed by atoms with Gasteiger partial charge in [-0.25, -0.2) is 9.59 Å². The summed E-state index contributed by atoms with van der Waals surface area (Å²) in [7, 11) is 0. The number of amides is 1. The zero-order valence-electron chi connectivity index (χ0n) is 12.0. The highest BCUT2D eigenvalue weighted by atomic mass is 35.5. The zero-order valence-corrected chi connectivity index (χ0v) is 12.8. The van der Waals surface area contributed by atoms with Crippen LogP contribution >= 0.6 is 11.6 Å². The molecule has 116 valence electrons. The van der Waals surface area contributed by atoms with Crippen molar-refractivity contribution in [1.82, 2.24) is 14.5 Å². The number of halogens is 1. The number of aromatic amines is 1. The van der Waals surface area contributed by atoms with E-state index in [4.69, 9.17) is 16.3 Å². The quantitative estimate of drug-likeness (QED) is 0.833. The molecule has 1 aliphatic heterocycles. The maximum atomic E-state index is 12.2. The van der Waals surface area contributed by atoms with E-state index < -0.39 is 5.69 Å². The molecule has 1 aromatic heterocycles. The van der Waals surface area contributed by atoms with E-state index in [0.29, 0.717) is 38.1 Å². The highest BCUT2D eigenvalue weighted by Crippen LogP contribution is 2.20. The van der Waals surface area contributed by atoms with Gasteiger partial charge in [-0.2, -0.15) is 0 Å². The molecule has 7 nitrogen and oxygen atoms in total. The number of likely N-dealkylation sites (tertiary alicyclic amines) is 1. The molecule has 1 saturated heterocycles. The van der Waals surface area contributed by atoms with Crippen LogP contribution in [0.3, 0.4) is 0 Å². The summed E-state index contributed by atoms with van der Waals surface area (Å²) >= 11 is 5.79. The third-order valence-electron chi connectivity index (χ3n) is 3.66. The SMILES string of the molecule is CCOC(=O)N1CCC(n2c(=O)[nH]c(Cl)c(C)c2=O)CC1. The van der Waals surface area contributed by atoms with Gasteiger partial charge in [-0.3, -0.25) is 14.3 Å². The first-order chi connectivity index (χ1) is 9.95. The molecule has 0 bridgehead atoms. The molecule has 8 heteroatoms. The standard InChI is InChI=1S/C13H18ClN3O4/c1-3-21-13(20)16-6-4-9(5-7-16)17-11(18)8(2)10(14)15-12(17)19/h9H,3-7H2,1-2H3,(H,15,19). The summed E-state index contributed by atoms with van der Waals surface area (Å²) in [4.78, 5) is 39.8. The molecular formula is C13H18ClN3O4. The smallest absolute Gasteiger partial charge is 0.409 e. The average molecular weight is 316 g/mol. The summed E-state index contributed by atoms with van der Waals surface area (Å²) in [5, 5.41) is 0.0743. The number of piperidine rings is 1. The van der Waals surface area contributed by atoms with Crippen LogP contribution in [0.1, 0.15) is 31.4 Å². The van der Waals surface area contributed by atoms with Gasteiger partial charge in [0.2, 0.25) is 0 Å². The summed E-state index contributed by atoms with van der Waals surface area (Å²) in [6.07, 6.45) is 0.704. The highest BCUT2D eigenvalue weighted by molar-refractivity contribution is 6.30. The fourth-order valence-electron chi connectivity index (χ4n) is 2.47. The molecule has 1 amide bonds. The van der Waals surface area contributed by atoms with Gasteiger partial charge < -0.3 is 9.64 Å². The Balaban J connectivity index is 2.17. The Bertz CT molecular complexity index is 644. The number of hydrogen-bond donors (Lipinski definition) is 1. The third-order valence-corrected chi connectivity index (χ3v) is 4.04. The van der Waals surface area contributed by atoms with Crippen LogP contribution in [0.2, 0.25) is 5.15 Å². The summed E-state index contributed by atoms with van der Waals surface area (Å²) in [6.45, 7) is 4.56. The number of nitrogens with zero attached hydrogens (tertiary/aromatic N) is 2. The lowest BCUT2D eigenvalue weighted by molar-refractivity contribution is 0.0920. The van der Waals surface area contributed by atoms with Crippen molar-refractivity contribution in [2.75, 3.05) is 19.7 Å². The minimum absolute atomic E-state index is 0.0743. The van der Waals surface area contributed by atoms with Crippen molar-refractivity contribution in [3.8, 4) is 0 Å². The number of rotatable bonds is 2. The van der Waals surface area contributed by atoms with E-state index in [9.17, 15) is 14.4 Å². The summed E-state index contributed by atoms with van der Waals surface area (Å²) in [6, 6.07) is -0.233. The Kier molecular flexibility index (Phi) is 4.72. The lowest BCUT2D eigenvalue weighted by atomic mass is 10.1. The molecule has 0 unspecified atom stereocenters. The normalized spacial score (nSPS) is 16.0. The van der Waals surface area contributed by atoms with Gasteiger partial charge in [0.05, 0.1) is 6.61 Å². The predicted molar refractivity (Wildman–Crippen MR) is 77.9 cm³/mol. The number of nitrogens with one attached hydrogen (secondary N) is 1.